The third kappa shape index (κ3) is 7.73. The molecule has 0 amide bonds. The van der Waals surface area contributed by atoms with Crippen LogP contribution < -0.4 is 0 Å². The minimum Gasteiger partial charge on any atom is -0.388 e. The smallest absolute Gasteiger partial charge is 0.187 e. The molecule has 0 spiro atoms. The zero-order valence-corrected chi connectivity index (χ0v) is 37.8. The molecule has 4 saturated heterocycles. The van der Waals surface area contributed by atoms with E-state index in [1.165, 1.54) is 13.2 Å². The molecule has 0 bridgehead atoms. The number of allylic oxidation sites excluding steroid dienone is 1. The molecule has 0 radical (unpaired) electrons. The minimum atomic E-state index is -1.73. The highest BCUT2D eigenvalue weighted by molar-refractivity contribution is 5.62. The van der Waals surface area contributed by atoms with E-state index in [1.54, 1.807) is 0 Å². The molecule has 17 nitrogen and oxygen atoms in total. The predicted octanol–water partition coefficient (Wildman–Crippen LogP) is 0.794. The highest BCUT2D eigenvalue weighted by Crippen LogP contribution is 2.76. The molecule has 17 heteroatoms. The molecule has 0 aromatic heterocycles. The second kappa shape index (κ2) is 17.4. The standard InChI is InChI=1S/C46H74O17/c1-21(2)16-23-17-46(56,41(55)60-23)25-10-13-43(6)24(25)8-9-29-44(43,7)14-11-28-42(4,5)30(12-15-45(28,29)20-47)61-40-37(63-39-35(54)33(52)31(50)22(3)59-39)36(27(49)19-58-40)62-38-34(53)32(51)26(48)18-57-38/h16,20,22-41,48-56H,8-15,17-19H2,1-7H3/t22-,23?,24-,25-,26+,27-,28?,29-,30-,31-,32-,33+,34+,35+,36-,37+,38-,39-,40-,41-,43-,44+,45+,46-/m0/s1. The number of aldehydes is 1. The maximum absolute atomic E-state index is 13.9. The number of rotatable bonds is 9. The Balaban J connectivity index is 1.04. The lowest BCUT2D eigenvalue weighted by Crippen LogP contribution is -2.67. The summed E-state index contributed by atoms with van der Waals surface area (Å²) in [7, 11) is 0. The molecule has 9 N–H and O–H groups in total. The fraction of sp³-hybridized carbons (Fsp3) is 0.935. The van der Waals surface area contributed by atoms with Crippen molar-refractivity contribution >= 4 is 6.29 Å². The Morgan fingerprint density at radius 3 is 1.98 bits per heavy atom. The summed E-state index contributed by atoms with van der Waals surface area (Å²) in [6.45, 7) is 13.7. The summed E-state index contributed by atoms with van der Waals surface area (Å²) in [5, 5.41) is 98.1. The van der Waals surface area contributed by atoms with E-state index < -0.39 is 109 Å². The fourth-order valence-corrected chi connectivity index (χ4v) is 14.5. The fourth-order valence-electron chi connectivity index (χ4n) is 14.5. The molecule has 0 aromatic carbocycles. The summed E-state index contributed by atoms with van der Waals surface area (Å²) in [5.74, 6) is -0.0527. The molecule has 4 saturated carbocycles. The maximum Gasteiger partial charge on any atom is 0.187 e. The summed E-state index contributed by atoms with van der Waals surface area (Å²) in [5.41, 5.74) is -2.02. The van der Waals surface area contributed by atoms with E-state index in [1.807, 2.05) is 19.9 Å². The molecule has 0 aromatic rings. The highest BCUT2D eigenvalue weighted by atomic mass is 16.8. The van der Waals surface area contributed by atoms with Crippen LogP contribution in [0.2, 0.25) is 0 Å². The van der Waals surface area contributed by atoms with E-state index in [-0.39, 0.29) is 53.8 Å². The van der Waals surface area contributed by atoms with Crippen molar-refractivity contribution in [1.29, 1.82) is 0 Å². The van der Waals surface area contributed by atoms with Gasteiger partial charge in [-0.25, -0.2) is 0 Å². The van der Waals surface area contributed by atoms with Crippen LogP contribution >= 0.6 is 0 Å². The first kappa shape index (κ1) is 48.2. The van der Waals surface area contributed by atoms with Gasteiger partial charge in [-0.3, -0.25) is 0 Å². The largest absolute Gasteiger partial charge is 0.388 e. The summed E-state index contributed by atoms with van der Waals surface area (Å²) in [4.78, 5) is 13.9. The Hall–Kier alpha value is -1.23. The molecular formula is C46H74O17. The highest BCUT2D eigenvalue weighted by Gasteiger charge is 2.72. The van der Waals surface area contributed by atoms with Gasteiger partial charge in [-0.1, -0.05) is 39.3 Å². The first-order chi connectivity index (χ1) is 29.5. The summed E-state index contributed by atoms with van der Waals surface area (Å²) in [6, 6.07) is 0. The van der Waals surface area contributed by atoms with E-state index in [2.05, 4.69) is 27.7 Å². The molecule has 4 heterocycles. The van der Waals surface area contributed by atoms with Gasteiger partial charge in [-0.15, -0.1) is 0 Å². The number of carbonyl (C=O) groups excluding carboxylic acids is 1. The van der Waals surface area contributed by atoms with E-state index >= 15 is 0 Å². The lowest BCUT2D eigenvalue weighted by molar-refractivity contribution is -0.383. The first-order valence-corrected chi connectivity index (χ1v) is 23.3. The topological polar surface area (TPSA) is 264 Å². The van der Waals surface area contributed by atoms with Gasteiger partial charge in [0, 0.05) is 11.8 Å². The lowest BCUT2D eigenvalue weighted by Gasteiger charge is -2.69. The van der Waals surface area contributed by atoms with E-state index in [0.717, 1.165) is 44.1 Å². The van der Waals surface area contributed by atoms with Gasteiger partial charge < -0.3 is 83.9 Å². The van der Waals surface area contributed by atoms with Crippen molar-refractivity contribution in [1.82, 2.24) is 0 Å². The Bertz CT molecular complexity index is 1680. The quantitative estimate of drug-likeness (QED) is 0.0881. The van der Waals surface area contributed by atoms with Gasteiger partial charge in [-0.2, -0.15) is 0 Å². The number of fused-ring (bicyclic) bond motifs is 5. The van der Waals surface area contributed by atoms with E-state index in [4.69, 9.17) is 33.2 Å². The van der Waals surface area contributed by atoms with Crippen LogP contribution in [-0.4, -0.2) is 169 Å². The van der Waals surface area contributed by atoms with Crippen LogP contribution in [0.5, 0.6) is 0 Å². The van der Waals surface area contributed by atoms with Crippen LogP contribution in [0.15, 0.2) is 11.6 Å². The molecule has 8 aliphatic rings. The Kier molecular flexibility index (Phi) is 13.3. The van der Waals surface area contributed by atoms with Gasteiger partial charge in [-0.05, 0) is 112 Å². The molecule has 63 heavy (non-hydrogen) atoms. The van der Waals surface area contributed by atoms with Crippen LogP contribution in [-0.2, 0) is 38.0 Å². The average Bonchev–Trinajstić information content (AvgIpc) is 3.73. The third-order valence-electron chi connectivity index (χ3n) is 18.1. The van der Waals surface area contributed by atoms with Crippen molar-refractivity contribution in [2.45, 2.75) is 210 Å². The molecule has 8 rings (SSSR count). The van der Waals surface area contributed by atoms with Crippen molar-refractivity contribution in [2.75, 3.05) is 13.2 Å². The Morgan fingerprint density at radius 2 is 1.29 bits per heavy atom. The summed E-state index contributed by atoms with van der Waals surface area (Å²) < 4.78 is 42.7. The van der Waals surface area contributed by atoms with Crippen LogP contribution in [0.4, 0.5) is 0 Å². The van der Waals surface area contributed by atoms with Crippen LogP contribution in [0.3, 0.4) is 0 Å². The van der Waals surface area contributed by atoms with Crippen molar-refractivity contribution in [3.63, 3.8) is 0 Å². The number of hydrogen-bond donors (Lipinski definition) is 9. The van der Waals surface area contributed by atoms with Crippen molar-refractivity contribution < 1.29 is 83.9 Å². The first-order valence-electron chi connectivity index (χ1n) is 23.3. The zero-order chi connectivity index (χ0) is 45.8. The van der Waals surface area contributed by atoms with Crippen molar-refractivity contribution in [3.05, 3.63) is 11.6 Å². The number of aliphatic hydroxyl groups is 9. The van der Waals surface area contributed by atoms with Gasteiger partial charge >= 0.3 is 0 Å². The molecular weight excluding hydrogens is 824 g/mol. The summed E-state index contributed by atoms with van der Waals surface area (Å²) in [6.07, 6.45) is -11.7. The average molecular weight is 899 g/mol. The van der Waals surface area contributed by atoms with Crippen LogP contribution in [0.25, 0.3) is 0 Å². The number of ether oxygens (including phenoxy) is 7. The monoisotopic (exact) mass is 898 g/mol. The maximum atomic E-state index is 13.9. The molecule has 4 aliphatic heterocycles. The molecule has 8 fully saturated rings. The normalized spacial score (nSPS) is 55.6. The van der Waals surface area contributed by atoms with Crippen molar-refractivity contribution in [3.8, 4) is 0 Å². The molecule has 4 aliphatic carbocycles. The number of aliphatic hydroxyl groups excluding tert-OH is 8. The Labute approximate surface area is 370 Å². The zero-order valence-electron chi connectivity index (χ0n) is 37.8. The van der Waals surface area contributed by atoms with Crippen molar-refractivity contribution in [2.24, 2.45) is 45.3 Å². The van der Waals surface area contributed by atoms with Gasteiger partial charge in [0.05, 0.1) is 31.5 Å². The van der Waals surface area contributed by atoms with Gasteiger partial charge in [0.15, 0.2) is 25.2 Å². The van der Waals surface area contributed by atoms with E-state index in [9.17, 15) is 50.8 Å². The van der Waals surface area contributed by atoms with Gasteiger partial charge in [0.25, 0.3) is 0 Å². The second-order valence-corrected chi connectivity index (χ2v) is 21.9. The Morgan fingerprint density at radius 1 is 0.635 bits per heavy atom. The lowest BCUT2D eigenvalue weighted by atomic mass is 9.35. The SMILES string of the molecule is CC(C)=CC1C[C@](O)([C@H]2CC[C@@]3(C)[C@H]2CC[C@@H]2[C@@]4(C=O)CC[C@H](O[C@@H]5OC[C@H](O)[C@H](O[C@@H]6OC[C@@H](O)[C@H](O)[C@H]6O)[C@H]5O[C@@H]5O[C@@H](C)[C@H](O)[C@@H](O)[C@H]5O)C(C)(C)C4CC[C@]23C)[C@@H](O)O1. The van der Waals surface area contributed by atoms with E-state index in [0.29, 0.717) is 19.3 Å². The van der Waals surface area contributed by atoms with Crippen LogP contribution in [0.1, 0.15) is 106 Å². The second-order valence-electron chi connectivity index (χ2n) is 21.9. The summed E-state index contributed by atoms with van der Waals surface area (Å²) >= 11 is 0. The number of hydrogen-bond acceptors (Lipinski definition) is 17. The predicted molar refractivity (Wildman–Crippen MR) is 220 cm³/mol. The molecule has 360 valence electrons. The molecule has 2 unspecified atom stereocenters. The van der Waals surface area contributed by atoms with Gasteiger partial charge in [0.1, 0.15) is 66.8 Å². The third-order valence-corrected chi connectivity index (χ3v) is 18.1. The van der Waals surface area contributed by atoms with Gasteiger partial charge in [0.2, 0.25) is 0 Å². The van der Waals surface area contributed by atoms with Crippen LogP contribution in [0, 0.1) is 45.3 Å². The molecule has 24 atom stereocenters. The number of carbonyl (C=O) groups is 1. The minimum absolute atomic E-state index is 0.0544.